The van der Waals surface area contributed by atoms with Crippen LogP contribution in [0.5, 0.6) is 0 Å². The maximum absolute atomic E-state index is 4.45. The summed E-state index contributed by atoms with van der Waals surface area (Å²) in [4.78, 5) is 9.60. The Morgan fingerprint density at radius 2 is 1.85 bits per heavy atom. The molecule has 1 saturated carbocycles. The first-order valence-electron chi connectivity index (χ1n) is 10.2. The fourth-order valence-electron chi connectivity index (χ4n) is 4.30. The Morgan fingerprint density at radius 1 is 1.07 bits per heavy atom. The number of halogens is 1. The molecule has 2 heterocycles. The van der Waals surface area contributed by atoms with Crippen molar-refractivity contribution in [2.45, 2.75) is 44.7 Å². The zero-order valence-corrected chi connectivity index (χ0v) is 19.0. The molecule has 3 fully saturated rings. The second kappa shape index (κ2) is 9.45. The molecule has 2 atom stereocenters. The fourth-order valence-corrected chi connectivity index (χ4v) is 4.30. The highest BCUT2D eigenvalue weighted by atomic mass is 127. The minimum Gasteiger partial charge on any atom is -0.369 e. The van der Waals surface area contributed by atoms with Gasteiger partial charge in [-0.15, -0.1) is 24.0 Å². The van der Waals surface area contributed by atoms with Crippen LogP contribution in [0.4, 0.5) is 5.69 Å². The van der Waals surface area contributed by atoms with Gasteiger partial charge in [-0.3, -0.25) is 4.99 Å². The number of nitrogens with one attached hydrogen (secondary N) is 2. The third kappa shape index (κ3) is 5.50. The number of rotatable bonds is 5. The van der Waals surface area contributed by atoms with Crippen LogP contribution in [0.2, 0.25) is 0 Å². The van der Waals surface area contributed by atoms with Gasteiger partial charge in [0.15, 0.2) is 5.96 Å². The van der Waals surface area contributed by atoms with Crippen molar-refractivity contribution in [2.75, 3.05) is 44.7 Å². The Kier molecular flexibility index (Phi) is 7.25. The maximum Gasteiger partial charge on any atom is 0.191 e. The molecule has 0 bridgehead atoms. The first kappa shape index (κ1) is 20.7. The minimum absolute atomic E-state index is 0. The molecule has 150 valence electrons. The molecule has 27 heavy (non-hydrogen) atoms. The number of hydrogen-bond acceptors (Lipinski definition) is 3. The summed E-state index contributed by atoms with van der Waals surface area (Å²) in [6.07, 6.45) is 5.32. The van der Waals surface area contributed by atoms with E-state index >= 15 is 0 Å². The predicted molar refractivity (Wildman–Crippen MR) is 124 cm³/mol. The Balaban J connectivity index is 0.00000210. The summed E-state index contributed by atoms with van der Waals surface area (Å²) in [5.41, 5.74) is 2.65. The molecule has 2 N–H and O–H groups in total. The van der Waals surface area contributed by atoms with E-state index in [1.807, 2.05) is 7.05 Å². The lowest BCUT2D eigenvalue weighted by Crippen LogP contribution is -2.46. The van der Waals surface area contributed by atoms with Crippen LogP contribution in [0.1, 0.15) is 31.2 Å². The Morgan fingerprint density at radius 3 is 2.56 bits per heavy atom. The van der Waals surface area contributed by atoms with Gasteiger partial charge >= 0.3 is 0 Å². The van der Waals surface area contributed by atoms with Gasteiger partial charge in [-0.25, -0.2) is 0 Å². The van der Waals surface area contributed by atoms with Gasteiger partial charge in [-0.1, -0.05) is 17.7 Å². The van der Waals surface area contributed by atoms with Gasteiger partial charge in [-0.2, -0.15) is 0 Å². The van der Waals surface area contributed by atoms with Crippen molar-refractivity contribution in [1.82, 2.24) is 15.5 Å². The third-order valence-electron chi connectivity index (χ3n) is 6.09. The molecule has 0 amide bonds. The monoisotopic (exact) mass is 483 g/mol. The van der Waals surface area contributed by atoms with E-state index in [1.165, 1.54) is 43.6 Å². The Bertz CT molecular complexity index is 628. The number of aryl methyl sites for hydroxylation is 1. The van der Waals surface area contributed by atoms with Crippen LogP contribution in [-0.4, -0.2) is 62.7 Å². The number of anilines is 1. The smallest absolute Gasteiger partial charge is 0.191 e. The molecule has 1 aliphatic carbocycles. The topological polar surface area (TPSA) is 42.9 Å². The molecule has 3 aliphatic rings. The molecule has 4 rings (SSSR count). The molecule has 1 aromatic rings. The SMILES string of the molecule is CN=C(NCC1CCN(C2CC2)C1)NC1CCN(c2ccc(C)cc2)C1.I. The summed E-state index contributed by atoms with van der Waals surface area (Å²) in [6.45, 7) is 7.88. The summed E-state index contributed by atoms with van der Waals surface area (Å²) in [5.74, 6) is 1.73. The fraction of sp³-hybridized carbons (Fsp3) is 0.667. The van der Waals surface area contributed by atoms with Crippen molar-refractivity contribution in [3.05, 3.63) is 29.8 Å². The third-order valence-corrected chi connectivity index (χ3v) is 6.09. The van der Waals surface area contributed by atoms with Crippen LogP contribution in [0.25, 0.3) is 0 Å². The quantitative estimate of drug-likeness (QED) is 0.384. The lowest BCUT2D eigenvalue weighted by Gasteiger charge is -2.21. The molecular weight excluding hydrogens is 449 g/mol. The van der Waals surface area contributed by atoms with E-state index < -0.39 is 0 Å². The van der Waals surface area contributed by atoms with Gasteiger partial charge in [0.05, 0.1) is 0 Å². The van der Waals surface area contributed by atoms with Gasteiger partial charge in [0.2, 0.25) is 0 Å². The van der Waals surface area contributed by atoms with Crippen molar-refractivity contribution in [3.8, 4) is 0 Å². The van der Waals surface area contributed by atoms with Gasteiger partial charge in [0, 0.05) is 51.0 Å². The van der Waals surface area contributed by atoms with Crippen molar-refractivity contribution in [1.29, 1.82) is 0 Å². The molecule has 5 nitrogen and oxygen atoms in total. The highest BCUT2D eigenvalue weighted by Crippen LogP contribution is 2.31. The maximum atomic E-state index is 4.45. The lowest BCUT2D eigenvalue weighted by molar-refractivity contribution is 0.314. The van der Waals surface area contributed by atoms with Gasteiger partial charge in [0.25, 0.3) is 0 Å². The summed E-state index contributed by atoms with van der Waals surface area (Å²) in [5, 5.41) is 7.20. The highest BCUT2D eigenvalue weighted by Gasteiger charge is 2.34. The second-order valence-electron chi connectivity index (χ2n) is 8.25. The zero-order valence-electron chi connectivity index (χ0n) is 16.7. The summed E-state index contributed by atoms with van der Waals surface area (Å²) in [7, 11) is 1.88. The van der Waals surface area contributed by atoms with Crippen molar-refractivity contribution in [2.24, 2.45) is 10.9 Å². The Labute approximate surface area is 181 Å². The molecule has 1 aromatic carbocycles. The minimum atomic E-state index is 0. The van der Waals surface area contributed by atoms with E-state index in [1.54, 1.807) is 0 Å². The van der Waals surface area contributed by atoms with E-state index in [-0.39, 0.29) is 24.0 Å². The van der Waals surface area contributed by atoms with Crippen LogP contribution < -0.4 is 15.5 Å². The molecule has 0 radical (unpaired) electrons. The van der Waals surface area contributed by atoms with Crippen LogP contribution in [0.15, 0.2) is 29.3 Å². The Hall–Kier alpha value is -1.02. The lowest BCUT2D eigenvalue weighted by atomic mass is 10.1. The van der Waals surface area contributed by atoms with E-state index in [4.69, 9.17) is 0 Å². The van der Waals surface area contributed by atoms with Gasteiger partial charge in [-0.05, 0) is 57.2 Å². The molecule has 2 saturated heterocycles. The van der Waals surface area contributed by atoms with Gasteiger partial charge in [0.1, 0.15) is 0 Å². The van der Waals surface area contributed by atoms with Gasteiger partial charge < -0.3 is 20.4 Å². The molecule has 6 heteroatoms. The van der Waals surface area contributed by atoms with E-state index in [0.29, 0.717) is 6.04 Å². The molecular formula is C21H34IN5. The summed E-state index contributed by atoms with van der Waals surface area (Å²) >= 11 is 0. The molecule has 0 spiro atoms. The predicted octanol–water partition coefficient (Wildman–Crippen LogP) is 2.84. The van der Waals surface area contributed by atoms with Crippen LogP contribution in [0, 0.1) is 12.8 Å². The first-order valence-corrected chi connectivity index (χ1v) is 10.2. The average Bonchev–Trinajstić information content (AvgIpc) is 3.22. The molecule has 2 aliphatic heterocycles. The molecule has 2 unspecified atom stereocenters. The number of nitrogens with zero attached hydrogens (tertiary/aromatic N) is 3. The van der Waals surface area contributed by atoms with Crippen LogP contribution in [-0.2, 0) is 0 Å². The summed E-state index contributed by atoms with van der Waals surface area (Å²) < 4.78 is 0. The number of benzene rings is 1. The van der Waals surface area contributed by atoms with E-state index in [9.17, 15) is 0 Å². The molecule has 0 aromatic heterocycles. The van der Waals surface area contributed by atoms with E-state index in [0.717, 1.165) is 44.0 Å². The van der Waals surface area contributed by atoms with Crippen molar-refractivity contribution >= 4 is 35.6 Å². The highest BCUT2D eigenvalue weighted by molar-refractivity contribution is 14.0. The van der Waals surface area contributed by atoms with E-state index in [2.05, 4.69) is 56.6 Å². The second-order valence-corrected chi connectivity index (χ2v) is 8.25. The number of guanidine groups is 1. The number of aliphatic imine (C=N–C) groups is 1. The van der Waals surface area contributed by atoms with Crippen LogP contribution >= 0.6 is 24.0 Å². The zero-order chi connectivity index (χ0) is 17.9. The number of hydrogen-bond donors (Lipinski definition) is 2. The number of likely N-dealkylation sites (tertiary alicyclic amines) is 1. The van der Waals surface area contributed by atoms with Crippen LogP contribution in [0.3, 0.4) is 0 Å². The standard InChI is InChI=1S/C21H33N5.HI/c1-16-3-5-19(6-4-16)26-12-10-18(15-26)24-21(22-2)23-13-17-9-11-25(14-17)20-7-8-20;/h3-6,17-18,20H,7-15H2,1-2H3,(H2,22,23,24);1H. The average molecular weight is 483 g/mol. The normalized spacial score (nSPS) is 26.1. The van der Waals surface area contributed by atoms with Crippen molar-refractivity contribution in [3.63, 3.8) is 0 Å². The summed E-state index contributed by atoms with van der Waals surface area (Å²) in [6, 6.07) is 10.2. The van der Waals surface area contributed by atoms with Crippen molar-refractivity contribution < 1.29 is 0 Å². The first-order chi connectivity index (χ1) is 12.7. The largest absolute Gasteiger partial charge is 0.369 e.